The quantitative estimate of drug-likeness (QED) is 0.364. The van der Waals surface area contributed by atoms with E-state index in [0.717, 1.165) is 5.75 Å². The molecule has 1 heterocycles. The van der Waals surface area contributed by atoms with Gasteiger partial charge in [0.1, 0.15) is 29.2 Å². The Morgan fingerprint density at radius 3 is 2.52 bits per heavy atom. The number of nitrogen functional groups attached to an aromatic ring is 1. The van der Waals surface area contributed by atoms with Crippen LogP contribution in [0.2, 0.25) is 0 Å². The fourth-order valence-electron chi connectivity index (χ4n) is 2.94. The largest absolute Gasteiger partial charge is 0.457 e. The van der Waals surface area contributed by atoms with Gasteiger partial charge in [0.15, 0.2) is 0 Å². The molecule has 0 bridgehead atoms. The number of likely N-dealkylation sites (N-methyl/N-ethyl adjacent to an activating group) is 1. The van der Waals surface area contributed by atoms with E-state index in [1.807, 2.05) is 35.6 Å². The van der Waals surface area contributed by atoms with E-state index in [0.29, 0.717) is 35.8 Å². The zero-order chi connectivity index (χ0) is 22.2. The first-order valence-corrected chi connectivity index (χ1v) is 9.73. The van der Waals surface area contributed by atoms with E-state index in [4.69, 9.17) is 15.9 Å². The van der Waals surface area contributed by atoms with Crippen molar-refractivity contribution in [2.75, 3.05) is 25.9 Å². The van der Waals surface area contributed by atoms with Gasteiger partial charge in [-0.25, -0.2) is 4.98 Å². The highest BCUT2D eigenvalue weighted by Crippen LogP contribution is 2.23. The van der Waals surface area contributed by atoms with Crippen molar-refractivity contribution < 1.29 is 14.8 Å². The molecule has 0 fully saturated rings. The highest BCUT2D eigenvalue weighted by molar-refractivity contribution is 6.15. The summed E-state index contributed by atoms with van der Waals surface area (Å²) >= 11 is 0. The Morgan fingerprint density at radius 1 is 1.16 bits per heavy atom. The predicted molar refractivity (Wildman–Crippen MR) is 120 cm³/mol. The van der Waals surface area contributed by atoms with Crippen LogP contribution in [-0.2, 0) is 4.79 Å². The Kier molecular flexibility index (Phi) is 7.08. The van der Waals surface area contributed by atoms with E-state index in [1.54, 1.807) is 36.2 Å². The van der Waals surface area contributed by atoms with Crippen molar-refractivity contribution in [3.05, 3.63) is 84.7 Å². The number of amides is 1. The summed E-state index contributed by atoms with van der Waals surface area (Å²) in [7, 11) is 1.70. The van der Waals surface area contributed by atoms with Gasteiger partial charge in [-0.05, 0) is 42.5 Å². The first-order valence-electron chi connectivity index (χ1n) is 9.73. The molecule has 0 atom stereocenters. The number of nitrogens with two attached hydrogens (primary N) is 2. The molecule has 1 amide bonds. The number of nitrogens with zero attached hydrogens (tertiary/aromatic N) is 3. The molecular weight excluding hydrogens is 392 g/mol. The Balaban J connectivity index is 1.73. The molecule has 3 rings (SSSR count). The van der Waals surface area contributed by atoms with Crippen molar-refractivity contribution in [1.29, 1.82) is 5.41 Å². The molecule has 8 nitrogen and oxygen atoms in total. The van der Waals surface area contributed by atoms with E-state index >= 15 is 0 Å². The summed E-state index contributed by atoms with van der Waals surface area (Å²) in [6.07, 6.45) is 2.64. The lowest BCUT2D eigenvalue weighted by Crippen LogP contribution is -2.80. The average Bonchev–Trinajstić information content (AvgIpc) is 2.79. The molecule has 31 heavy (non-hydrogen) atoms. The number of rotatable bonds is 9. The van der Waals surface area contributed by atoms with Gasteiger partial charge in [0.05, 0.1) is 18.8 Å². The van der Waals surface area contributed by atoms with Gasteiger partial charge in [0.2, 0.25) is 11.7 Å². The number of hydrogen-bond acceptors (Lipinski definition) is 6. The summed E-state index contributed by atoms with van der Waals surface area (Å²) in [5.41, 5.74) is 7.41. The number of hydrogen-bond donors (Lipinski definition) is 3. The van der Waals surface area contributed by atoms with Crippen LogP contribution in [0, 0.1) is 5.41 Å². The summed E-state index contributed by atoms with van der Waals surface area (Å²) < 4.78 is 5.81. The van der Waals surface area contributed by atoms with E-state index in [2.05, 4.69) is 16.5 Å². The van der Waals surface area contributed by atoms with Crippen molar-refractivity contribution in [3.63, 3.8) is 0 Å². The minimum absolute atomic E-state index is 0.152. The molecule has 0 radical (unpaired) electrons. The van der Waals surface area contributed by atoms with E-state index < -0.39 is 0 Å². The van der Waals surface area contributed by atoms with Gasteiger partial charge >= 0.3 is 0 Å². The van der Waals surface area contributed by atoms with Crippen molar-refractivity contribution in [2.45, 2.75) is 0 Å². The van der Waals surface area contributed by atoms with Crippen molar-refractivity contribution >= 4 is 23.3 Å². The van der Waals surface area contributed by atoms with Crippen LogP contribution in [0.4, 0.5) is 11.6 Å². The number of quaternary nitrogens is 1. The van der Waals surface area contributed by atoms with Crippen LogP contribution >= 0.6 is 0 Å². The van der Waals surface area contributed by atoms with Crippen LogP contribution in [0.15, 0.2) is 73.6 Å². The molecular formula is C23H25N6O2+. The van der Waals surface area contributed by atoms with Crippen LogP contribution < -0.4 is 15.8 Å². The van der Waals surface area contributed by atoms with Gasteiger partial charge in [0.25, 0.3) is 0 Å². The average molecular weight is 417 g/mol. The van der Waals surface area contributed by atoms with E-state index in [-0.39, 0.29) is 17.4 Å². The number of carbonyl (C=O) groups excluding carboxylic acids is 1. The highest BCUT2D eigenvalue weighted by Gasteiger charge is 2.19. The fourth-order valence-corrected chi connectivity index (χ4v) is 2.94. The minimum atomic E-state index is -0.152. The Bertz CT molecular complexity index is 1070. The molecule has 3 aromatic rings. The summed E-state index contributed by atoms with van der Waals surface area (Å²) in [6.45, 7) is 4.53. The molecule has 0 aliphatic heterocycles. The lowest BCUT2D eigenvalue weighted by atomic mass is 10.0. The van der Waals surface area contributed by atoms with E-state index in [1.165, 1.54) is 12.4 Å². The molecule has 158 valence electrons. The minimum Gasteiger partial charge on any atom is -0.457 e. The highest BCUT2D eigenvalue weighted by atomic mass is 16.5. The van der Waals surface area contributed by atoms with Crippen molar-refractivity contribution in [3.8, 4) is 11.5 Å². The van der Waals surface area contributed by atoms with Gasteiger partial charge in [-0.3, -0.25) is 15.5 Å². The van der Waals surface area contributed by atoms with Crippen LogP contribution in [0.3, 0.4) is 0 Å². The van der Waals surface area contributed by atoms with Crippen LogP contribution in [0.25, 0.3) is 0 Å². The van der Waals surface area contributed by atoms with Gasteiger partial charge < -0.3 is 15.4 Å². The standard InChI is InChI=1S/C23H24N6O2/c1-3-19(30)29(2)14-13-26-23-20(22(25)27-15-28-23)21(24)16-9-11-18(12-10-16)31-17-7-5-4-6-8-17/h3-12,15,24H,1,13-14H2,2H3,(H3,25,26,27,28)/p+1. The SMILES string of the molecule is C=CC(=O)N(C)CC[NH2+]c1ncnc(N)c1C(=N)c1ccc(Oc2ccccc2)cc1. The maximum atomic E-state index is 11.6. The second-order valence-electron chi connectivity index (χ2n) is 6.79. The fraction of sp³-hybridized carbons (Fsp3) is 0.130. The number of anilines is 1. The summed E-state index contributed by atoms with van der Waals surface area (Å²) in [6, 6.07) is 16.7. The zero-order valence-electron chi connectivity index (χ0n) is 17.3. The van der Waals surface area contributed by atoms with Gasteiger partial charge in [0, 0.05) is 12.6 Å². The van der Waals surface area contributed by atoms with Crippen LogP contribution in [0.1, 0.15) is 11.1 Å². The Hall–Kier alpha value is -4.04. The van der Waals surface area contributed by atoms with Gasteiger partial charge in [-0.1, -0.05) is 24.8 Å². The first-order chi connectivity index (χ1) is 15.0. The van der Waals surface area contributed by atoms with Crippen LogP contribution in [-0.4, -0.2) is 46.6 Å². The van der Waals surface area contributed by atoms with Crippen molar-refractivity contribution in [2.24, 2.45) is 0 Å². The number of aromatic nitrogens is 2. The summed E-state index contributed by atoms with van der Waals surface area (Å²) in [5, 5.41) is 10.5. The predicted octanol–water partition coefficient (Wildman–Crippen LogP) is 2.11. The lowest BCUT2D eigenvalue weighted by Gasteiger charge is -2.14. The molecule has 0 unspecified atom stereocenters. The maximum Gasteiger partial charge on any atom is 0.245 e. The van der Waals surface area contributed by atoms with Gasteiger partial charge in [-0.15, -0.1) is 0 Å². The smallest absolute Gasteiger partial charge is 0.245 e. The number of ether oxygens (including phenoxy) is 1. The third-order valence-corrected chi connectivity index (χ3v) is 4.63. The van der Waals surface area contributed by atoms with Crippen molar-refractivity contribution in [1.82, 2.24) is 14.9 Å². The molecule has 0 saturated carbocycles. The number of nitrogens with one attached hydrogen (secondary N) is 1. The molecule has 2 aromatic carbocycles. The second kappa shape index (κ2) is 10.1. The number of benzene rings is 2. The molecule has 5 N–H and O–H groups in total. The van der Waals surface area contributed by atoms with Crippen LogP contribution in [0.5, 0.6) is 11.5 Å². The number of para-hydroxylation sites is 1. The molecule has 0 aliphatic carbocycles. The Labute approximate surface area is 180 Å². The van der Waals surface area contributed by atoms with Gasteiger partial charge in [-0.2, -0.15) is 4.98 Å². The molecule has 0 saturated heterocycles. The number of carbonyl (C=O) groups is 1. The molecule has 0 aliphatic rings. The molecule has 8 heteroatoms. The van der Waals surface area contributed by atoms with E-state index in [9.17, 15) is 4.79 Å². The Morgan fingerprint density at radius 2 is 1.84 bits per heavy atom. The normalized spacial score (nSPS) is 10.4. The first kappa shape index (κ1) is 21.7. The zero-order valence-corrected chi connectivity index (χ0v) is 17.3. The molecule has 1 aromatic heterocycles. The molecule has 0 spiro atoms. The lowest BCUT2D eigenvalue weighted by molar-refractivity contribution is -0.574. The monoisotopic (exact) mass is 417 g/mol. The third kappa shape index (κ3) is 5.52. The summed E-state index contributed by atoms with van der Waals surface area (Å²) in [5.74, 6) is 2.04. The third-order valence-electron chi connectivity index (χ3n) is 4.63. The summed E-state index contributed by atoms with van der Waals surface area (Å²) in [4.78, 5) is 21.5. The second-order valence-corrected chi connectivity index (χ2v) is 6.79. The maximum absolute atomic E-state index is 11.6. The topological polar surface area (TPSA) is 122 Å².